The molecule has 0 atom stereocenters. The van der Waals surface area contributed by atoms with Gasteiger partial charge in [0.1, 0.15) is 11.3 Å². The number of aliphatic hydroxyl groups excluding tert-OH is 1. The van der Waals surface area contributed by atoms with Crippen LogP contribution in [0.2, 0.25) is 0 Å². The van der Waals surface area contributed by atoms with Crippen molar-refractivity contribution >= 4 is 23.4 Å². The first kappa shape index (κ1) is 23.3. The van der Waals surface area contributed by atoms with E-state index < -0.39 is 11.4 Å². The minimum absolute atomic E-state index is 0.0371. The third kappa shape index (κ3) is 4.59. The van der Waals surface area contributed by atoms with Gasteiger partial charge in [0.15, 0.2) is 0 Å². The number of nitrogens with zero attached hydrogens (tertiary/aromatic N) is 1. The number of rotatable bonds is 7. The lowest BCUT2D eigenvalue weighted by molar-refractivity contribution is -0.150. The molecule has 0 aromatic heterocycles. The Morgan fingerprint density at radius 1 is 1.00 bits per heavy atom. The molecule has 168 valence electrons. The Balaban J connectivity index is 1.85. The molecule has 1 aliphatic rings. The molecule has 32 heavy (non-hydrogen) atoms. The van der Waals surface area contributed by atoms with E-state index in [1.54, 1.807) is 26.1 Å². The minimum Gasteiger partial charge on any atom is -0.506 e. The smallest absolute Gasteiger partial charge is 0.343 e. The fourth-order valence-corrected chi connectivity index (χ4v) is 3.64. The summed E-state index contributed by atoms with van der Waals surface area (Å²) < 4.78 is 10.2. The van der Waals surface area contributed by atoms with Crippen molar-refractivity contribution in [2.45, 2.75) is 45.1 Å². The lowest BCUT2D eigenvalue weighted by Crippen LogP contribution is -2.25. The van der Waals surface area contributed by atoms with Crippen molar-refractivity contribution in [2.75, 3.05) is 14.2 Å². The van der Waals surface area contributed by atoms with Gasteiger partial charge in [0.2, 0.25) is 0 Å². The summed E-state index contributed by atoms with van der Waals surface area (Å²) >= 11 is 0. The number of ether oxygens (including phenoxy) is 2. The van der Waals surface area contributed by atoms with Gasteiger partial charge in [0, 0.05) is 18.3 Å². The first-order valence-corrected chi connectivity index (χ1v) is 10.6. The van der Waals surface area contributed by atoms with E-state index in [4.69, 9.17) is 9.47 Å². The highest BCUT2D eigenvalue weighted by Crippen LogP contribution is 2.49. The fourth-order valence-electron chi connectivity index (χ4n) is 3.64. The second kappa shape index (κ2) is 9.39. The van der Waals surface area contributed by atoms with Gasteiger partial charge in [0.05, 0.1) is 18.6 Å². The molecule has 1 saturated carbocycles. The lowest BCUT2D eigenvalue weighted by atomic mass is 9.93. The van der Waals surface area contributed by atoms with Gasteiger partial charge in [-0.05, 0) is 50.3 Å². The SMILES string of the molecule is CN=C(C)C(C(=O)OC)=C(O)c1ccc(-c2ccc(C3(C(=O)OC(C)C)CC3)cc2)cc1. The van der Waals surface area contributed by atoms with E-state index in [2.05, 4.69) is 4.99 Å². The number of aliphatic hydroxyl groups is 1. The molecule has 2 aromatic carbocycles. The summed E-state index contributed by atoms with van der Waals surface area (Å²) in [5, 5.41) is 10.6. The zero-order valence-electron chi connectivity index (χ0n) is 19.1. The molecule has 6 heteroatoms. The van der Waals surface area contributed by atoms with E-state index in [1.165, 1.54) is 7.11 Å². The number of hydrogen-bond donors (Lipinski definition) is 1. The predicted molar refractivity (Wildman–Crippen MR) is 125 cm³/mol. The second-order valence-corrected chi connectivity index (χ2v) is 8.22. The van der Waals surface area contributed by atoms with Gasteiger partial charge >= 0.3 is 11.9 Å². The van der Waals surface area contributed by atoms with Crippen molar-refractivity contribution in [3.8, 4) is 11.1 Å². The number of benzene rings is 2. The third-order valence-corrected chi connectivity index (χ3v) is 5.74. The van der Waals surface area contributed by atoms with E-state index in [9.17, 15) is 14.7 Å². The van der Waals surface area contributed by atoms with Crippen LogP contribution in [0.3, 0.4) is 0 Å². The fraction of sp³-hybridized carbons (Fsp3) is 0.346. The molecule has 0 spiro atoms. The number of esters is 2. The van der Waals surface area contributed by atoms with Crippen LogP contribution >= 0.6 is 0 Å². The maximum atomic E-state index is 12.5. The Hall–Kier alpha value is -3.41. The summed E-state index contributed by atoms with van der Waals surface area (Å²) in [7, 11) is 2.81. The van der Waals surface area contributed by atoms with Crippen molar-refractivity contribution in [1.29, 1.82) is 0 Å². The van der Waals surface area contributed by atoms with Gasteiger partial charge in [-0.15, -0.1) is 0 Å². The van der Waals surface area contributed by atoms with Gasteiger partial charge < -0.3 is 14.6 Å². The molecule has 0 amide bonds. The zero-order valence-corrected chi connectivity index (χ0v) is 19.1. The van der Waals surface area contributed by atoms with Crippen LogP contribution in [0.5, 0.6) is 0 Å². The molecule has 0 bridgehead atoms. The standard InChI is InChI=1S/C26H29NO5/c1-16(2)32-25(30)26(14-15-26)21-12-10-19(11-13-21)18-6-8-20(9-7-18)23(28)22(17(3)27-4)24(29)31-5/h6-13,16,28H,14-15H2,1-5H3. The van der Waals surface area contributed by atoms with Crippen LogP contribution < -0.4 is 0 Å². The maximum absolute atomic E-state index is 12.5. The van der Waals surface area contributed by atoms with E-state index in [0.29, 0.717) is 11.3 Å². The number of carbonyl (C=O) groups is 2. The van der Waals surface area contributed by atoms with Crippen molar-refractivity contribution in [2.24, 2.45) is 4.99 Å². The third-order valence-electron chi connectivity index (χ3n) is 5.74. The zero-order chi connectivity index (χ0) is 23.5. The summed E-state index contributed by atoms with van der Waals surface area (Å²) in [5.74, 6) is -0.976. The van der Waals surface area contributed by atoms with Crippen LogP contribution in [0.1, 0.15) is 44.7 Å². The molecule has 0 saturated heterocycles. The Labute approximate surface area is 188 Å². The first-order chi connectivity index (χ1) is 15.2. The second-order valence-electron chi connectivity index (χ2n) is 8.22. The minimum atomic E-state index is -0.643. The average Bonchev–Trinajstić information content (AvgIpc) is 3.61. The molecule has 1 N–H and O–H groups in total. The number of carbonyl (C=O) groups excluding carboxylic acids is 2. The Kier molecular flexibility index (Phi) is 6.82. The van der Waals surface area contributed by atoms with Crippen LogP contribution in [0.25, 0.3) is 16.9 Å². The Morgan fingerprint density at radius 2 is 1.53 bits per heavy atom. The highest BCUT2D eigenvalue weighted by Gasteiger charge is 2.52. The normalized spacial score (nSPS) is 15.8. The molecule has 0 radical (unpaired) electrons. The predicted octanol–water partition coefficient (Wildman–Crippen LogP) is 4.87. The molecule has 3 rings (SSSR count). The summed E-state index contributed by atoms with van der Waals surface area (Å²) in [6.07, 6.45) is 1.48. The highest BCUT2D eigenvalue weighted by atomic mass is 16.5. The van der Waals surface area contributed by atoms with Gasteiger partial charge in [-0.2, -0.15) is 0 Å². The molecule has 0 aliphatic heterocycles. The largest absolute Gasteiger partial charge is 0.506 e. The summed E-state index contributed by atoms with van der Waals surface area (Å²) in [5.41, 5.74) is 3.31. The molecular formula is C26H29NO5. The summed E-state index contributed by atoms with van der Waals surface area (Å²) in [6.45, 7) is 5.36. The van der Waals surface area contributed by atoms with E-state index >= 15 is 0 Å². The van der Waals surface area contributed by atoms with Crippen LogP contribution in [0.15, 0.2) is 59.1 Å². The van der Waals surface area contributed by atoms with Crippen molar-refractivity contribution in [3.05, 3.63) is 65.2 Å². The summed E-state index contributed by atoms with van der Waals surface area (Å²) in [6, 6.07) is 15.1. The number of methoxy groups -OCH3 is 1. The summed E-state index contributed by atoms with van der Waals surface area (Å²) in [4.78, 5) is 28.6. The van der Waals surface area contributed by atoms with Crippen molar-refractivity contribution in [3.63, 3.8) is 0 Å². The highest BCUT2D eigenvalue weighted by molar-refractivity contribution is 6.23. The maximum Gasteiger partial charge on any atom is 0.343 e. The number of aliphatic imine (C=N–C) groups is 1. The van der Waals surface area contributed by atoms with Crippen molar-refractivity contribution in [1.82, 2.24) is 0 Å². The van der Waals surface area contributed by atoms with E-state index in [-0.39, 0.29) is 23.4 Å². The van der Waals surface area contributed by atoms with Crippen LogP contribution in [-0.4, -0.2) is 43.0 Å². The van der Waals surface area contributed by atoms with Crippen LogP contribution in [0.4, 0.5) is 0 Å². The monoisotopic (exact) mass is 435 g/mol. The molecule has 1 aliphatic carbocycles. The van der Waals surface area contributed by atoms with E-state index in [1.807, 2.05) is 50.2 Å². The quantitative estimate of drug-likeness (QED) is 0.290. The van der Waals surface area contributed by atoms with Gasteiger partial charge in [-0.25, -0.2) is 4.79 Å². The first-order valence-electron chi connectivity index (χ1n) is 10.6. The van der Waals surface area contributed by atoms with Crippen LogP contribution in [0, 0.1) is 0 Å². The van der Waals surface area contributed by atoms with Crippen molar-refractivity contribution < 1.29 is 24.2 Å². The lowest BCUT2D eigenvalue weighted by Gasteiger charge is -2.17. The molecule has 0 unspecified atom stereocenters. The molecular weight excluding hydrogens is 406 g/mol. The Bertz CT molecular complexity index is 1060. The molecule has 6 nitrogen and oxygen atoms in total. The van der Waals surface area contributed by atoms with Gasteiger partial charge in [-0.1, -0.05) is 48.5 Å². The Morgan fingerprint density at radius 3 is 1.97 bits per heavy atom. The van der Waals surface area contributed by atoms with Gasteiger partial charge in [0.25, 0.3) is 0 Å². The topological polar surface area (TPSA) is 85.2 Å². The average molecular weight is 436 g/mol. The number of hydrogen-bond acceptors (Lipinski definition) is 6. The molecule has 1 fully saturated rings. The van der Waals surface area contributed by atoms with E-state index in [0.717, 1.165) is 29.5 Å². The molecule has 2 aromatic rings. The molecule has 0 heterocycles. The van der Waals surface area contributed by atoms with Gasteiger partial charge in [-0.3, -0.25) is 9.79 Å². The van der Waals surface area contributed by atoms with Crippen LogP contribution in [-0.2, 0) is 24.5 Å².